The second-order valence-electron chi connectivity index (χ2n) is 4.66. The second-order valence-corrected chi connectivity index (χ2v) is 4.66. The van der Waals surface area contributed by atoms with Crippen LogP contribution in [0.2, 0.25) is 0 Å². The Morgan fingerprint density at radius 1 is 1.32 bits per heavy atom. The zero-order chi connectivity index (χ0) is 14.3. The van der Waals surface area contributed by atoms with Gasteiger partial charge in [-0.2, -0.15) is 0 Å². The Balaban J connectivity index is 2.60. The molecule has 1 aromatic carbocycles. The Morgan fingerprint density at radius 2 is 1.95 bits per heavy atom. The molecule has 0 aliphatic carbocycles. The monoisotopic (exact) mass is 259 g/mol. The average molecular weight is 259 g/mol. The molecule has 0 heterocycles. The van der Waals surface area contributed by atoms with Crippen molar-refractivity contribution in [2.45, 2.75) is 20.4 Å². The van der Waals surface area contributed by atoms with Crippen LogP contribution in [0.25, 0.3) is 0 Å². The van der Waals surface area contributed by atoms with Crippen molar-refractivity contribution in [2.24, 2.45) is 0 Å². The van der Waals surface area contributed by atoms with Gasteiger partial charge in [-0.15, -0.1) is 0 Å². The fraction of sp³-hybridized carbons (Fsp3) is 0.312. The molecule has 0 radical (unpaired) electrons. The molecule has 0 spiro atoms. The van der Waals surface area contributed by atoms with Crippen molar-refractivity contribution in [1.82, 2.24) is 4.90 Å². The molecule has 19 heavy (non-hydrogen) atoms. The first-order valence-corrected chi connectivity index (χ1v) is 6.25. The molecule has 1 rings (SSSR count). The highest BCUT2D eigenvalue weighted by Gasteiger charge is 2.06. The summed E-state index contributed by atoms with van der Waals surface area (Å²) in [5.74, 6) is 0.828. The predicted molar refractivity (Wildman–Crippen MR) is 78.0 cm³/mol. The second kappa shape index (κ2) is 7.41. The number of allylic oxidation sites excluding steroid dienone is 1. The summed E-state index contributed by atoms with van der Waals surface area (Å²) in [6, 6.07) is 7.73. The van der Waals surface area contributed by atoms with Crippen LogP contribution in [0.3, 0.4) is 0 Å². The SMILES string of the molecule is C=CCOc1ccc(CN(C)C(=O)C=C(C)C)cc1. The maximum absolute atomic E-state index is 11.8. The molecule has 0 aliphatic rings. The van der Waals surface area contributed by atoms with Crippen molar-refractivity contribution in [3.8, 4) is 5.75 Å². The molecule has 1 aromatic rings. The molecular formula is C16H21NO2. The number of amides is 1. The van der Waals surface area contributed by atoms with E-state index in [1.54, 1.807) is 24.1 Å². The lowest BCUT2D eigenvalue weighted by Gasteiger charge is -2.15. The quantitative estimate of drug-likeness (QED) is 0.580. The molecule has 0 bridgehead atoms. The number of rotatable bonds is 6. The molecule has 3 nitrogen and oxygen atoms in total. The fourth-order valence-electron chi connectivity index (χ4n) is 1.56. The van der Waals surface area contributed by atoms with E-state index in [4.69, 9.17) is 4.74 Å². The van der Waals surface area contributed by atoms with E-state index in [9.17, 15) is 4.79 Å². The van der Waals surface area contributed by atoms with E-state index >= 15 is 0 Å². The van der Waals surface area contributed by atoms with Crippen molar-refractivity contribution in [3.05, 3.63) is 54.1 Å². The normalized spacial score (nSPS) is 9.63. The first-order valence-electron chi connectivity index (χ1n) is 6.25. The minimum Gasteiger partial charge on any atom is -0.490 e. The fourth-order valence-corrected chi connectivity index (χ4v) is 1.56. The first-order chi connectivity index (χ1) is 9.02. The third-order valence-corrected chi connectivity index (χ3v) is 2.50. The standard InChI is InChI=1S/C16H21NO2/c1-5-10-19-15-8-6-14(7-9-15)12-17(4)16(18)11-13(2)3/h5-9,11H,1,10,12H2,2-4H3. The van der Waals surface area contributed by atoms with Crippen molar-refractivity contribution < 1.29 is 9.53 Å². The van der Waals surface area contributed by atoms with Gasteiger partial charge in [0.15, 0.2) is 0 Å². The van der Waals surface area contributed by atoms with Crippen LogP contribution in [-0.2, 0) is 11.3 Å². The topological polar surface area (TPSA) is 29.5 Å². The van der Waals surface area contributed by atoms with Gasteiger partial charge < -0.3 is 9.64 Å². The Kier molecular flexibility index (Phi) is 5.86. The highest BCUT2D eigenvalue weighted by molar-refractivity contribution is 5.87. The molecule has 0 N–H and O–H groups in total. The van der Waals surface area contributed by atoms with Crippen molar-refractivity contribution in [3.63, 3.8) is 0 Å². The average Bonchev–Trinajstić information content (AvgIpc) is 2.37. The number of carbonyl (C=O) groups excluding carboxylic acids is 1. The number of hydrogen-bond acceptors (Lipinski definition) is 2. The van der Waals surface area contributed by atoms with Crippen molar-refractivity contribution >= 4 is 5.91 Å². The molecule has 0 unspecified atom stereocenters. The van der Waals surface area contributed by atoms with Crippen LogP contribution >= 0.6 is 0 Å². The van der Waals surface area contributed by atoms with Crippen LogP contribution in [0, 0.1) is 0 Å². The number of nitrogens with zero attached hydrogens (tertiary/aromatic N) is 1. The minimum absolute atomic E-state index is 0.0204. The Labute approximate surface area is 115 Å². The van der Waals surface area contributed by atoms with Crippen LogP contribution in [0.15, 0.2) is 48.6 Å². The van der Waals surface area contributed by atoms with Crippen LogP contribution in [0.4, 0.5) is 0 Å². The van der Waals surface area contributed by atoms with E-state index in [-0.39, 0.29) is 5.91 Å². The van der Waals surface area contributed by atoms with Gasteiger partial charge in [-0.3, -0.25) is 4.79 Å². The highest BCUT2D eigenvalue weighted by Crippen LogP contribution is 2.13. The van der Waals surface area contributed by atoms with Gasteiger partial charge in [-0.1, -0.05) is 30.4 Å². The molecule has 102 valence electrons. The van der Waals surface area contributed by atoms with Gasteiger partial charge in [-0.05, 0) is 31.5 Å². The summed E-state index contributed by atoms with van der Waals surface area (Å²) in [4.78, 5) is 13.5. The van der Waals surface area contributed by atoms with E-state index in [1.807, 2.05) is 38.1 Å². The Hall–Kier alpha value is -2.03. The van der Waals surface area contributed by atoms with Crippen LogP contribution < -0.4 is 4.74 Å². The molecule has 1 amide bonds. The zero-order valence-corrected chi connectivity index (χ0v) is 11.8. The molecule has 0 saturated carbocycles. The minimum atomic E-state index is 0.0204. The van der Waals surface area contributed by atoms with Gasteiger partial charge in [0.25, 0.3) is 0 Å². The van der Waals surface area contributed by atoms with Crippen molar-refractivity contribution in [1.29, 1.82) is 0 Å². The number of hydrogen-bond donors (Lipinski definition) is 0. The number of ether oxygens (including phenoxy) is 1. The lowest BCUT2D eigenvalue weighted by molar-refractivity contribution is -0.125. The van der Waals surface area contributed by atoms with Gasteiger partial charge in [0.1, 0.15) is 12.4 Å². The van der Waals surface area contributed by atoms with E-state index in [0.717, 1.165) is 16.9 Å². The first kappa shape index (κ1) is 15.0. The highest BCUT2D eigenvalue weighted by atomic mass is 16.5. The largest absolute Gasteiger partial charge is 0.490 e. The molecule has 0 saturated heterocycles. The summed E-state index contributed by atoms with van der Waals surface area (Å²) in [6.45, 7) is 8.52. The summed E-state index contributed by atoms with van der Waals surface area (Å²) >= 11 is 0. The third-order valence-electron chi connectivity index (χ3n) is 2.50. The van der Waals surface area contributed by atoms with Gasteiger partial charge in [0, 0.05) is 19.7 Å². The lowest BCUT2D eigenvalue weighted by Crippen LogP contribution is -2.24. The van der Waals surface area contributed by atoms with Crippen LogP contribution in [0.1, 0.15) is 19.4 Å². The molecule has 0 aliphatic heterocycles. The van der Waals surface area contributed by atoms with Gasteiger partial charge in [0.05, 0.1) is 0 Å². The third kappa shape index (κ3) is 5.42. The molecule has 0 aromatic heterocycles. The lowest BCUT2D eigenvalue weighted by atomic mass is 10.2. The van der Waals surface area contributed by atoms with Gasteiger partial charge >= 0.3 is 0 Å². The summed E-state index contributed by atoms with van der Waals surface area (Å²) in [5.41, 5.74) is 2.08. The zero-order valence-electron chi connectivity index (χ0n) is 11.8. The van der Waals surface area contributed by atoms with Crippen LogP contribution in [0.5, 0.6) is 5.75 Å². The molecule has 3 heteroatoms. The van der Waals surface area contributed by atoms with Gasteiger partial charge in [0.2, 0.25) is 5.91 Å². The van der Waals surface area contributed by atoms with Crippen LogP contribution in [-0.4, -0.2) is 24.5 Å². The maximum atomic E-state index is 11.8. The molecule has 0 atom stereocenters. The Morgan fingerprint density at radius 3 is 2.47 bits per heavy atom. The number of carbonyl (C=O) groups is 1. The van der Waals surface area contributed by atoms with E-state index in [1.165, 1.54) is 0 Å². The summed E-state index contributed by atoms with van der Waals surface area (Å²) in [5, 5.41) is 0. The van der Waals surface area contributed by atoms with Crippen molar-refractivity contribution in [2.75, 3.05) is 13.7 Å². The molecular weight excluding hydrogens is 238 g/mol. The summed E-state index contributed by atoms with van der Waals surface area (Å²) < 4.78 is 5.41. The summed E-state index contributed by atoms with van der Waals surface area (Å²) in [7, 11) is 1.80. The Bertz CT molecular complexity index is 456. The smallest absolute Gasteiger partial charge is 0.246 e. The van der Waals surface area contributed by atoms with E-state index in [2.05, 4.69) is 6.58 Å². The summed E-state index contributed by atoms with van der Waals surface area (Å²) in [6.07, 6.45) is 3.35. The maximum Gasteiger partial charge on any atom is 0.246 e. The number of likely N-dealkylation sites (N-methyl/N-ethyl adjacent to an activating group) is 1. The van der Waals surface area contributed by atoms with E-state index in [0.29, 0.717) is 13.2 Å². The van der Waals surface area contributed by atoms with E-state index < -0.39 is 0 Å². The number of benzene rings is 1. The molecule has 0 fully saturated rings. The van der Waals surface area contributed by atoms with Gasteiger partial charge in [-0.25, -0.2) is 0 Å². The predicted octanol–water partition coefficient (Wildman–Crippen LogP) is 3.18.